The molecule has 2 heterocycles. The number of aliphatic hydroxyl groups excluding tert-OH is 1. The molecule has 0 fully saturated rings. The van der Waals surface area contributed by atoms with Gasteiger partial charge in [0.1, 0.15) is 17.7 Å². The lowest BCUT2D eigenvalue weighted by molar-refractivity contribution is -0.144. The van der Waals surface area contributed by atoms with Gasteiger partial charge >= 0.3 is 11.9 Å². The highest BCUT2D eigenvalue weighted by molar-refractivity contribution is 5.94. The Morgan fingerprint density at radius 3 is 2.59 bits per heavy atom. The normalized spacial score (nSPS) is 16.1. The SMILES string of the molecule is COC(=O)CC[C@@H](NCCCCCN1C=Nc2[nH]c(NC(=O)C(C)(C)C)cc2C1O)C(=O)OC. The van der Waals surface area contributed by atoms with E-state index in [1.807, 2.05) is 20.8 Å². The van der Waals surface area contributed by atoms with Crippen molar-refractivity contribution in [1.29, 1.82) is 0 Å². The summed E-state index contributed by atoms with van der Waals surface area (Å²) in [7, 11) is 2.63. The van der Waals surface area contributed by atoms with Crippen LogP contribution in [0.5, 0.6) is 0 Å². The van der Waals surface area contributed by atoms with Crippen LogP contribution in [0.2, 0.25) is 0 Å². The molecule has 0 aromatic carbocycles. The van der Waals surface area contributed by atoms with Crippen LogP contribution in [0.1, 0.15) is 64.7 Å². The number of nitrogens with one attached hydrogen (secondary N) is 3. The van der Waals surface area contributed by atoms with Gasteiger partial charge in [0.15, 0.2) is 6.23 Å². The zero-order chi connectivity index (χ0) is 25.3. The lowest BCUT2D eigenvalue weighted by Gasteiger charge is -2.28. The standard InChI is InChI=1S/C23H37N5O6/c1-23(2,3)22(32)27-17-13-15-19(26-17)25-14-28(20(15)30)12-8-6-7-11-24-16(21(31)34-5)9-10-18(29)33-4/h13-14,16,20,24,26,30H,6-12H2,1-5H3,(H,27,32)/t16-,20?/m1/s1. The van der Waals surface area contributed by atoms with Crippen molar-refractivity contribution < 1.29 is 29.0 Å². The van der Waals surface area contributed by atoms with E-state index in [4.69, 9.17) is 4.74 Å². The molecular weight excluding hydrogens is 442 g/mol. The fourth-order valence-corrected chi connectivity index (χ4v) is 3.38. The molecule has 11 heteroatoms. The molecule has 1 aliphatic heterocycles. The summed E-state index contributed by atoms with van der Waals surface area (Å²) in [5, 5.41) is 16.7. The highest BCUT2D eigenvalue weighted by Gasteiger charge is 2.27. The van der Waals surface area contributed by atoms with Gasteiger partial charge in [0.2, 0.25) is 5.91 Å². The van der Waals surface area contributed by atoms with E-state index in [-0.39, 0.29) is 18.3 Å². The number of hydrogen-bond acceptors (Lipinski definition) is 9. The molecule has 2 atom stereocenters. The Labute approximate surface area is 200 Å². The minimum Gasteiger partial charge on any atom is -0.469 e. The number of nitrogens with zero attached hydrogens (tertiary/aromatic N) is 2. The Balaban J connectivity index is 1.75. The number of fused-ring (bicyclic) bond motifs is 1. The summed E-state index contributed by atoms with van der Waals surface area (Å²) < 4.78 is 9.40. The molecule has 0 radical (unpaired) electrons. The van der Waals surface area contributed by atoms with Gasteiger partial charge in [-0.1, -0.05) is 27.2 Å². The first-order chi connectivity index (χ1) is 16.1. The smallest absolute Gasteiger partial charge is 0.322 e. The maximum atomic E-state index is 12.2. The van der Waals surface area contributed by atoms with Crippen LogP contribution in [0.4, 0.5) is 11.6 Å². The minimum absolute atomic E-state index is 0.130. The summed E-state index contributed by atoms with van der Waals surface area (Å²) in [5.41, 5.74) is 0.0759. The van der Waals surface area contributed by atoms with Gasteiger partial charge in [-0.05, 0) is 31.9 Å². The van der Waals surface area contributed by atoms with E-state index in [9.17, 15) is 19.5 Å². The first kappa shape index (κ1) is 27.3. The zero-order valence-corrected chi connectivity index (χ0v) is 20.6. The second-order valence-corrected chi connectivity index (χ2v) is 9.25. The summed E-state index contributed by atoms with van der Waals surface area (Å²) >= 11 is 0. The maximum absolute atomic E-state index is 12.2. The molecule has 1 aliphatic rings. The summed E-state index contributed by atoms with van der Waals surface area (Å²) in [6.07, 6.45) is 3.67. The highest BCUT2D eigenvalue weighted by atomic mass is 16.5. The lowest BCUT2D eigenvalue weighted by atomic mass is 9.96. The Morgan fingerprint density at radius 1 is 1.21 bits per heavy atom. The number of esters is 2. The molecule has 1 aromatic rings. The van der Waals surface area contributed by atoms with Crippen molar-refractivity contribution in [2.75, 3.05) is 32.6 Å². The number of aliphatic imine (C=N–C) groups is 1. The van der Waals surface area contributed by atoms with Gasteiger partial charge < -0.3 is 35.1 Å². The second kappa shape index (κ2) is 12.5. The number of amides is 1. The van der Waals surface area contributed by atoms with Gasteiger partial charge in [0.25, 0.3) is 0 Å². The van der Waals surface area contributed by atoms with Crippen LogP contribution in [0.15, 0.2) is 11.1 Å². The van der Waals surface area contributed by atoms with E-state index in [0.29, 0.717) is 36.7 Å². The highest BCUT2D eigenvalue weighted by Crippen LogP contribution is 2.34. The van der Waals surface area contributed by atoms with Crippen molar-refractivity contribution in [2.45, 2.75) is 65.1 Å². The first-order valence-electron chi connectivity index (χ1n) is 11.5. The van der Waals surface area contributed by atoms with Crippen LogP contribution in [0.3, 0.4) is 0 Å². The molecule has 2 rings (SSSR count). The zero-order valence-electron chi connectivity index (χ0n) is 20.6. The van der Waals surface area contributed by atoms with E-state index in [2.05, 4.69) is 25.3 Å². The van der Waals surface area contributed by atoms with Crippen molar-refractivity contribution in [2.24, 2.45) is 10.4 Å². The number of rotatable bonds is 12. The predicted molar refractivity (Wildman–Crippen MR) is 128 cm³/mol. The fraction of sp³-hybridized carbons (Fsp3) is 0.652. The molecule has 1 unspecified atom stereocenters. The number of H-pyrrole nitrogens is 1. The number of methoxy groups -OCH3 is 2. The Bertz CT molecular complexity index is 876. The molecule has 11 nitrogen and oxygen atoms in total. The number of unbranched alkanes of at least 4 members (excludes halogenated alkanes) is 2. The number of hydrogen-bond donors (Lipinski definition) is 4. The maximum Gasteiger partial charge on any atom is 0.322 e. The second-order valence-electron chi connectivity index (χ2n) is 9.25. The molecule has 34 heavy (non-hydrogen) atoms. The van der Waals surface area contributed by atoms with Gasteiger partial charge in [-0.3, -0.25) is 14.4 Å². The quantitative estimate of drug-likeness (QED) is 0.264. The molecule has 190 valence electrons. The van der Waals surface area contributed by atoms with Crippen LogP contribution in [0.25, 0.3) is 0 Å². The van der Waals surface area contributed by atoms with Crippen molar-refractivity contribution in [3.05, 3.63) is 11.6 Å². The molecule has 0 aliphatic carbocycles. The lowest BCUT2D eigenvalue weighted by Crippen LogP contribution is -2.38. The number of aromatic amines is 1. The molecule has 1 amide bonds. The minimum atomic E-state index is -0.857. The third-order valence-corrected chi connectivity index (χ3v) is 5.52. The van der Waals surface area contributed by atoms with Gasteiger partial charge in [-0.2, -0.15) is 0 Å². The van der Waals surface area contributed by atoms with Crippen LogP contribution < -0.4 is 10.6 Å². The third kappa shape index (κ3) is 7.84. The number of ether oxygens (including phenoxy) is 2. The molecule has 0 bridgehead atoms. The molecule has 0 saturated carbocycles. The topological polar surface area (TPSA) is 145 Å². The fourth-order valence-electron chi connectivity index (χ4n) is 3.38. The van der Waals surface area contributed by atoms with Gasteiger partial charge in [-0.25, -0.2) is 4.99 Å². The van der Waals surface area contributed by atoms with Gasteiger partial charge in [-0.15, -0.1) is 0 Å². The molecule has 1 aromatic heterocycles. The van der Waals surface area contributed by atoms with Crippen molar-refractivity contribution in [1.82, 2.24) is 15.2 Å². The number of anilines is 1. The van der Waals surface area contributed by atoms with E-state index in [1.165, 1.54) is 14.2 Å². The molecule has 0 saturated heterocycles. The third-order valence-electron chi connectivity index (χ3n) is 5.52. The van der Waals surface area contributed by atoms with Crippen LogP contribution in [-0.2, 0) is 23.9 Å². The largest absolute Gasteiger partial charge is 0.469 e. The number of aliphatic hydroxyl groups is 1. The molecule has 0 spiro atoms. The van der Waals surface area contributed by atoms with E-state index in [0.717, 1.165) is 19.3 Å². The van der Waals surface area contributed by atoms with Gasteiger partial charge in [0, 0.05) is 23.9 Å². The monoisotopic (exact) mass is 479 g/mol. The summed E-state index contributed by atoms with van der Waals surface area (Å²) in [6, 6.07) is 1.15. The molecule has 4 N–H and O–H groups in total. The van der Waals surface area contributed by atoms with Crippen molar-refractivity contribution in [3.8, 4) is 0 Å². The van der Waals surface area contributed by atoms with Crippen LogP contribution in [-0.4, -0.2) is 72.5 Å². The summed E-state index contributed by atoms with van der Waals surface area (Å²) in [5.74, 6) is 0.123. The van der Waals surface area contributed by atoms with E-state index in [1.54, 1.807) is 17.3 Å². The molecular formula is C23H37N5O6. The Morgan fingerprint density at radius 2 is 1.94 bits per heavy atom. The average Bonchev–Trinajstić information content (AvgIpc) is 3.21. The Kier molecular flexibility index (Phi) is 10.1. The van der Waals surface area contributed by atoms with Crippen LogP contribution in [0, 0.1) is 5.41 Å². The summed E-state index contributed by atoms with van der Waals surface area (Å²) in [6.45, 7) is 6.67. The van der Waals surface area contributed by atoms with Crippen LogP contribution >= 0.6 is 0 Å². The number of carbonyl (C=O) groups is 3. The van der Waals surface area contributed by atoms with Crippen molar-refractivity contribution in [3.63, 3.8) is 0 Å². The predicted octanol–water partition coefficient (Wildman–Crippen LogP) is 2.22. The first-order valence-corrected chi connectivity index (χ1v) is 11.5. The average molecular weight is 480 g/mol. The summed E-state index contributed by atoms with van der Waals surface area (Å²) in [4.78, 5) is 44.5. The number of aromatic nitrogens is 1. The van der Waals surface area contributed by atoms with Gasteiger partial charge in [0.05, 0.1) is 20.6 Å². The number of carbonyl (C=O) groups excluding carboxylic acids is 3. The Hall–Kier alpha value is -2.92. The van der Waals surface area contributed by atoms with Crippen molar-refractivity contribution >= 4 is 35.8 Å². The van der Waals surface area contributed by atoms with E-state index < -0.39 is 23.7 Å². The van der Waals surface area contributed by atoms with E-state index >= 15 is 0 Å².